The van der Waals surface area contributed by atoms with E-state index in [1.165, 1.54) is 15.7 Å². The van der Waals surface area contributed by atoms with Crippen LogP contribution in [0.25, 0.3) is 4.96 Å². The molecule has 0 aliphatic carbocycles. The van der Waals surface area contributed by atoms with Crippen molar-refractivity contribution in [1.82, 2.24) is 14.1 Å². The number of sulfonamides is 1. The fourth-order valence-corrected chi connectivity index (χ4v) is 4.36. The van der Waals surface area contributed by atoms with Crippen molar-refractivity contribution in [2.45, 2.75) is 24.9 Å². The highest BCUT2D eigenvalue weighted by atomic mass is 35.5. The van der Waals surface area contributed by atoms with Crippen molar-refractivity contribution in [1.29, 1.82) is 0 Å². The van der Waals surface area contributed by atoms with Crippen LogP contribution in [0.4, 0.5) is 0 Å². The van der Waals surface area contributed by atoms with Crippen molar-refractivity contribution in [3.8, 4) is 0 Å². The van der Waals surface area contributed by atoms with Crippen LogP contribution in [0.5, 0.6) is 0 Å². The van der Waals surface area contributed by atoms with Gasteiger partial charge in [-0.15, -0.1) is 11.3 Å². The van der Waals surface area contributed by atoms with Gasteiger partial charge in [-0.1, -0.05) is 18.5 Å². The molecule has 2 rings (SSSR count). The zero-order valence-corrected chi connectivity index (χ0v) is 12.8. The van der Waals surface area contributed by atoms with Gasteiger partial charge in [0.2, 0.25) is 0 Å². The molecule has 0 fully saturated rings. The molecule has 0 radical (unpaired) electrons. The van der Waals surface area contributed by atoms with Crippen LogP contribution in [0.3, 0.4) is 0 Å². The fraction of sp³-hybridized carbons (Fsp3) is 0.500. The Labute approximate surface area is 120 Å². The molecule has 2 N–H and O–H groups in total. The number of fused-ring (bicyclic) bond motifs is 1. The highest BCUT2D eigenvalue weighted by molar-refractivity contribution is 7.89. The van der Waals surface area contributed by atoms with Gasteiger partial charge in [-0.25, -0.2) is 18.1 Å². The molecule has 6 nitrogen and oxygen atoms in total. The van der Waals surface area contributed by atoms with Crippen molar-refractivity contribution < 1.29 is 13.5 Å². The zero-order chi connectivity index (χ0) is 14.2. The number of aliphatic hydroxyl groups is 1. The standard InChI is InChI=1S/C10H14ClN3O3S2/c1-6(5-15)7(2)13-19(16,17)9-8(11)12-10-14(9)3-4-18-10/h3-4,6-7,13,15H,5H2,1-2H3. The first-order chi connectivity index (χ1) is 8.86. The predicted octanol–water partition coefficient (Wildman–Crippen LogP) is 1.34. The molecule has 0 saturated heterocycles. The Bertz CT molecular complexity index is 679. The van der Waals surface area contributed by atoms with E-state index in [1.54, 1.807) is 25.4 Å². The lowest BCUT2D eigenvalue weighted by atomic mass is 10.1. The molecule has 19 heavy (non-hydrogen) atoms. The van der Waals surface area contributed by atoms with Gasteiger partial charge >= 0.3 is 0 Å². The molecule has 0 spiro atoms. The Kier molecular flexibility index (Phi) is 4.17. The second-order valence-corrected chi connectivity index (χ2v) is 7.19. The molecule has 0 aliphatic heterocycles. The summed E-state index contributed by atoms with van der Waals surface area (Å²) in [5.74, 6) is -0.195. The maximum atomic E-state index is 12.3. The van der Waals surface area contributed by atoms with E-state index in [0.717, 1.165) is 0 Å². The van der Waals surface area contributed by atoms with Crippen LogP contribution in [-0.4, -0.2) is 35.6 Å². The van der Waals surface area contributed by atoms with E-state index >= 15 is 0 Å². The van der Waals surface area contributed by atoms with Gasteiger partial charge in [0.05, 0.1) is 0 Å². The van der Waals surface area contributed by atoms with E-state index < -0.39 is 16.1 Å². The minimum absolute atomic E-state index is 0.0526. The Morgan fingerprint density at radius 2 is 2.26 bits per heavy atom. The monoisotopic (exact) mass is 323 g/mol. The van der Waals surface area contributed by atoms with Gasteiger partial charge in [0.1, 0.15) is 0 Å². The van der Waals surface area contributed by atoms with Gasteiger partial charge < -0.3 is 5.11 Å². The maximum Gasteiger partial charge on any atom is 0.260 e. The molecule has 0 aromatic carbocycles. The van der Waals surface area contributed by atoms with E-state index in [2.05, 4.69) is 9.71 Å². The molecule has 0 bridgehead atoms. The molecule has 0 aliphatic rings. The summed E-state index contributed by atoms with van der Waals surface area (Å²) < 4.78 is 28.6. The van der Waals surface area contributed by atoms with Crippen LogP contribution in [0.1, 0.15) is 13.8 Å². The summed E-state index contributed by atoms with van der Waals surface area (Å²) in [5.41, 5.74) is 0. The molecule has 0 amide bonds. The maximum absolute atomic E-state index is 12.3. The van der Waals surface area contributed by atoms with Crippen molar-refractivity contribution in [2.75, 3.05) is 6.61 Å². The number of aromatic nitrogens is 2. The largest absolute Gasteiger partial charge is 0.396 e. The van der Waals surface area contributed by atoms with Crippen molar-refractivity contribution >= 4 is 37.9 Å². The third-order valence-corrected chi connectivity index (χ3v) is 5.63. The van der Waals surface area contributed by atoms with Crippen LogP contribution in [0, 0.1) is 5.92 Å². The summed E-state index contributed by atoms with van der Waals surface area (Å²) in [4.78, 5) is 4.51. The summed E-state index contributed by atoms with van der Waals surface area (Å²) in [6, 6.07) is -0.407. The van der Waals surface area contributed by atoms with Gasteiger partial charge in [0.15, 0.2) is 15.1 Å². The third-order valence-electron chi connectivity index (χ3n) is 2.92. The molecule has 2 aromatic rings. The van der Waals surface area contributed by atoms with E-state index in [4.69, 9.17) is 16.7 Å². The smallest absolute Gasteiger partial charge is 0.260 e. The molecule has 106 valence electrons. The SMILES string of the molecule is CC(CO)C(C)NS(=O)(=O)c1c(Cl)nc2sccn12. The average Bonchev–Trinajstić information content (AvgIpc) is 2.85. The number of nitrogens with one attached hydrogen (secondary N) is 1. The van der Waals surface area contributed by atoms with Crippen molar-refractivity contribution in [2.24, 2.45) is 5.92 Å². The molecule has 9 heteroatoms. The molecule has 2 atom stereocenters. The predicted molar refractivity (Wildman–Crippen MR) is 74.1 cm³/mol. The third kappa shape index (κ3) is 2.77. The van der Waals surface area contributed by atoms with Crippen LogP contribution < -0.4 is 4.72 Å². The zero-order valence-electron chi connectivity index (χ0n) is 10.4. The number of rotatable bonds is 5. The molecular weight excluding hydrogens is 310 g/mol. The number of imidazole rings is 1. The van der Waals surface area contributed by atoms with Crippen LogP contribution in [-0.2, 0) is 10.0 Å². The van der Waals surface area contributed by atoms with Gasteiger partial charge in [0.25, 0.3) is 10.0 Å². The summed E-state index contributed by atoms with van der Waals surface area (Å²) >= 11 is 7.20. The molecule has 0 saturated carbocycles. The number of halogens is 1. The average molecular weight is 324 g/mol. The lowest BCUT2D eigenvalue weighted by Crippen LogP contribution is -2.38. The Hall–Kier alpha value is -0.670. The fourth-order valence-electron chi connectivity index (χ4n) is 1.55. The summed E-state index contributed by atoms with van der Waals surface area (Å²) in [6.07, 6.45) is 1.60. The topological polar surface area (TPSA) is 83.7 Å². The molecule has 2 unspecified atom stereocenters. The summed E-state index contributed by atoms with van der Waals surface area (Å²) in [6.45, 7) is 3.35. The number of nitrogens with zero attached hydrogens (tertiary/aromatic N) is 2. The Morgan fingerprint density at radius 3 is 2.89 bits per heavy atom. The van der Waals surface area contributed by atoms with E-state index in [0.29, 0.717) is 4.96 Å². The van der Waals surface area contributed by atoms with Crippen molar-refractivity contribution in [3.63, 3.8) is 0 Å². The summed E-state index contributed by atoms with van der Waals surface area (Å²) in [5, 5.41) is 10.7. The minimum Gasteiger partial charge on any atom is -0.396 e. The van der Waals surface area contributed by atoms with Gasteiger partial charge in [-0.3, -0.25) is 4.40 Å². The lowest BCUT2D eigenvalue weighted by Gasteiger charge is -2.18. The molecule has 2 aromatic heterocycles. The second-order valence-electron chi connectivity index (χ2n) is 4.33. The van der Waals surface area contributed by atoms with Crippen LogP contribution >= 0.6 is 22.9 Å². The minimum atomic E-state index is -3.78. The van der Waals surface area contributed by atoms with Gasteiger partial charge in [0, 0.05) is 24.2 Å². The number of hydrogen-bond donors (Lipinski definition) is 2. The lowest BCUT2D eigenvalue weighted by molar-refractivity contribution is 0.216. The normalized spacial score (nSPS) is 15.8. The first-order valence-corrected chi connectivity index (χ1v) is 8.35. The number of aliphatic hydroxyl groups excluding tert-OH is 1. The second kappa shape index (κ2) is 5.37. The molecular formula is C10H14ClN3O3S2. The summed E-state index contributed by atoms with van der Waals surface area (Å²) in [7, 11) is -3.78. The van der Waals surface area contributed by atoms with Gasteiger partial charge in [-0.05, 0) is 12.8 Å². The Balaban J connectivity index is 2.39. The number of hydrogen-bond acceptors (Lipinski definition) is 5. The van der Waals surface area contributed by atoms with E-state index in [1.807, 2.05) is 0 Å². The van der Waals surface area contributed by atoms with Crippen LogP contribution in [0.2, 0.25) is 5.15 Å². The Morgan fingerprint density at radius 1 is 1.58 bits per heavy atom. The highest BCUT2D eigenvalue weighted by Crippen LogP contribution is 2.25. The first kappa shape index (κ1) is 14.7. The van der Waals surface area contributed by atoms with Crippen molar-refractivity contribution in [3.05, 3.63) is 16.7 Å². The number of thiazole rings is 1. The van der Waals surface area contributed by atoms with E-state index in [9.17, 15) is 8.42 Å². The van der Waals surface area contributed by atoms with Gasteiger partial charge in [-0.2, -0.15) is 0 Å². The first-order valence-electron chi connectivity index (χ1n) is 5.61. The highest BCUT2D eigenvalue weighted by Gasteiger charge is 2.27. The van der Waals surface area contributed by atoms with Crippen LogP contribution in [0.15, 0.2) is 16.6 Å². The molecule has 2 heterocycles. The van der Waals surface area contributed by atoms with E-state index in [-0.39, 0.29) is 22.7 Å². The quantitative estimate of drug-likeness (QED) is 0.870.